The van der Waals surface area contributed by atoms with Crippen LogP contribution in [0.25, 0.3) is 0 Å². The van der Waals surface area contributed by atoms with Crippen LogP contribution in [-0.4, -0.2) is 30.9 Å². The van der Waals surface area contributed by atoms with E-state index in [-0.39, 0.29) is 17.5 Å². The van der Waals surface area contributed by atoms with Crippen LogP contribution < -0.4 is 5.11 Å². The molecule has 0 radical (unpaired) electrons. The van der Waals surface area contributed by atoms with Crippen molar-refractivity contribution in [1.82, 2.24) is 0 Å². The molecule has 0 aromatic heterocycles. The third-order valence-electron chi connectivity index (χ3n) is 3.56. The molecule has 0 aromatic rings. The summed E-state index contributed by atoms with van der Waals surface area (Å²) in [7, 11) is 0. The Morgan fingerprint density at radius 2 is 1.77 bits per heavy atom. The van der Waals surface area contributed by atoms with Gasteiger partial charge in [0.05, 0.1) is 13.2 Å². The molecule has 0 heterocycles. The zero-order valence-electron chi connectivity index (χ0n) is 13.2. The average molecular weight is 311 g/mol. The first kappa shape index (κ1) is 18.2. The molecular weight excluding hydrogens is 288 g/mol. The van der Waals surface area contributed by atoms with E-state index in [2.05, 4.69) is 0 Å². The molecule has 124 valence electrons. The molecule has 2 aliphatic carbocycles. The number of carbonyl (C=O) groups is 3. The molecule has 0 amide bonds. The molecule has 1 fully saturated rings. The molecule has 1 unspecified atom stereocenters. The van der Waals surface area contributed by atoms with Crippen molar-refractivity contribution in [3.05, 3.63) is 11.3 Å². The first-order valence-corrected chi connectivity index (χ1v) is 7.76. The number of ketones is 1. The largest absolute Gasteiger partial charge is 0.875 e. The van der Waals surface area contributed by atoms with E-state index in [0.29, 0.717) is 44.5 Å². The van der Waals surface area contributed by atoms with Crippen molar-refractivity contribution < 1.29 is 29.0 Å². The van der Waals surface area contributed by atoms with Gasteiger partial charge in [-0.05, 0) is 46.0 Å². The van der Waals surface area contributed by atoms with E-state index in [1.54, 1.807) is 13.8 Å². The zero-order chi connectivity index (χ0) is 16.5. The van der Waals surface area contributed by atoms with Gasteiger partial charge in [-0.2, -0.15) is 0 Å². The van der Waals surface area contributed by atoms with Gasteiger partial charge in [0.1, 0.15) is 11.7 Å². The molecule has 0 bridgehead atoms. The quantitative estimate of drug-likeness (QED) is 0.573. The highest BCUT2D eigenvalue weighted by atomic mass is 16.5. The summed E-state index contributed by atoms with van der Waals surface area (Å²) in [5, 5.41) is 11.0. The Balaban J connectivity index is 0.000000220. The Morgan fingerprint density at radius 3 is 2.23 bits per heavy atom. The minimum atomic E-state index is -0.449. The van der Waals surface area contributed by atoms with E-state index in [9.17, 15) is 19.5 Å². The predicted octanol–water partition coefficient (Wildman–Crippen LogP) is 1.27. The van der Waals surface area contributed by atoms with Crippen LogP contribution in [0.1, 0.15) is 52.4 Å². The second kappa shape index (κ2) is 9.23. The molecule has 0 spiro atoms. The molecule has 0 N–H and O–H groups in total. The lowest BCUT2D eigenvalue weighted by Crippen LogP contribution is -2.21. The number of ether oxygens (including phenoxy) is 2. The summed E-state index contributed by atoms with van der Waals surface area (Å²) in [6, 6.07) is 0. The number of Topliss-reactive ketones (excluding diaryl/α,β-unsaturated/α-hetero) is 1. The molecule has 1 atom stereocenters. The fourth-order valence-electron chi connectivity index (χ4n) is 2.46. The van der Waals surface area contributed by atoms with Crippen LogP contribution in [0.2, 0.25) is 0 Å². The van der Waals surface area contributed by atoms with Crippen LogP contribution in [-0.2, 0) is 23.9 Å². The van der Waals surface area contributed by atoms with Crippen molar-refractivity contribution >= 4 is 17.7 Å². The van der Waals surface area contributed by atoms with Crippen molar-refractivity contribution in [1.29, 1.82) is 0 Å². The highest BCUT2D eigenvalue weighted by Crippen LogP contribution is 2.23. The molecule has 2 rings (SSSR count). The van der Waals surface area contributed by atoms with Gasteiger partial charge in [-0.1, -0.05) is 0 Å². The number of hydrogen-bond donors (Lipinski definition) is 0. The molecular formula is C16H23O6-. The van der Waals surface area contributed by atoms with E-state index < -0.39 is 11.9 Å². The van der Waals surface area contributed by atoms with Crippen LogP contribution in [0.5, 0.6) is 0 Å². The summed E-state index contributed by atoms with van der Waals surface area (Å²) in [4.78, 5) is 33.0. The van der Waals surface area contributed by atoms with E-state index >= 15 is 0 Å². The van der Waals surface area contributed by atoms with E-state index in [0.717, 1.165) is 12.8 Å². The number of carbonyl (C=O) groups excluding carboxylic acids is 3. The second-order valence-corrected chi connectivity index (χ2v) is 5.14. The summed E-state index contributed by atoms with van der Waals surface area (Å²) < 4.78 is 9.44. The monoisotopic (exact) mass is 311 g/mol. The molecule has 22 heavy (non-hydrogen) atoms. The number of rotatable bonds is 4. The highest BCUT2D eigenvalue weighted by Gasteiger charge is 2.31. The lowest BCUT2D eigenvalue weighted by molar-refractivity contribution is -0.306. The fraction of sp³-hybridized carbons (Fsp3) is 0.688. The summed E-state index contributed by atoms with van der Waals surface area (Å²) >= 11 is 0. The van der Waals surface area contributed by atoms with Crippen molar-refractivity contribution in [3.63, 3.8) is 0 Å². The summed E-state index contributed by atoms with van der Waals surface area (Å²) in [6.45, 7) is 4.19. The van der Waals surface area contributed by atoms with E-state index in [1.807, 2.05) is 0 Å². The van der Waals surface area contributed by atoms with Crippen LogP contribution >= 0.6 is 0 Å². The molecule has 0 aliphatic heterocycles. The highest BCUT2D eigenvalue weighted by molar-refractivity contribution is 6.00. The minimum Gasteiger partial charge on any atom is -0.875 e. The maximum absolute atomic E-state index is 11.0. The van der Waals surface area contributed by atoms with Gasteiger partial charge in [0.25, 0.3) is 0 Å². The molecule has 6 nitrogen and oxygen atoms in total. The lowest BCUT2D eigenvalue weighted by atomic mass is 10.1. The Morgan fingerprint density at radius 1 is 1.09 bits per heavy atom. The topological polar surface area (TPSA) is 92.7 Å². The first-order chi connectivity index (χ1) is 10.5. The van der Waals surface area contributed by atoms with Gasteiger partial charge in [-0.3, -0.25) is 9.59 Å². The average Bonchev–Trinajstić information content (AvgIpc) is 3.08. The van der Waals surface area contributed by atoms with Gasteiger partial charge in [-0.25, -0.2) is 4.79 Å². The third-order valence-corrected chi connectivity index (χ3v) is 3.56. The Bertz CT molecular complexity index is 452. The lowest BCUT2D eigenvalue weighted by Gasteiger charge is -2.08. The predicted molar refractivity (Wildman–Crippen MR) is 76.5 cm³/mol. The van der Waals surface area contributed by atoms with Crippen LogP contribution in [0.15, 0.2) is 11.3 Å². The van der Waals surface area contributed by atoms with Gasteiger partial charge < -0.3 is 14.6 Å². The van der Waals surface area contributed by atoms with Crippen molar-refractivity contribution in [2.24, 2.45) is 5.92 Å². The van der Waals surface area contributed by atoms with Crippen molar-refractivity contribution in [2.75, 3.05) is 13.2 Å². The van der Waals surface area contributed by atoms with Crippen LogP contribution in [0.4, 0.5) is 0 Å². The Hall–Kier alpha value is -1.85. The van der Waals surface area contributed by atoms with Gasteiger partial charge in [0, 0.05) is 12.0 Å². The maximum atomic E-state index is 11.0. The molecule has 2 aliphatic rings. The van der Waals surface area contributed by atoms with Crippen molar-refractivity contribution in [2.45, 2.75) is 52.4 Å². The fourth-order valence-corrected chi connectivity index (χ4v) is 2.46. The van der Waals surface area contributed by atoms with Crippen LogP contribution in [0.3, 0.4) is 0 Å². The Labute approximate surface area is 130 Å². The Kier molecular flexibility index (Phi) is 7.63. The minimum absolute atomic E-state index is 0.0385. The van der Waals surface area contributed by atoms with E-state index in [1.165, 1.54) is 0 Å². The smallest absolute Gasteiger partial charge is 0.333 e. The standard InChI is InChI=1S/2C8H12O3/c2*1-2-11-8(10)6-4-3-5-7(6)9/h9H,2-5H2,1H3;6H,2-5H2,1H3/p-1. The van der Waals surface area contributed by atoms with Gasteiger partial charge in [0.2, 0.25) is 0 Å². The number of hydrogen-bond acceptors (Lipinski definition) is 6. The third kappa shape index (κ3) is 5.16. The molecule has 6 heteroatoms. The van der Waals surface area contributed by atoms with Crippen molar-refractivity contribution in [3.8, 4) is 0 Å². The SMILES string of the molecule is CCOC(=O)C1=C([O-])CCC1.CCOC(=O)C1CCCC1=O. The zero-order valence-corrected chi connectivity index (χ0v) is 13.2. The molecule has 1 saturated carbocycles. The molecule has 0 aromatic carbocycles. The van der Waals surface area contributed by atoms with Crippen LogP contribution in [0, 0.1) is 5.92 Å². The number of allylic oxidation sites excluding steroid dienone is 1. The number of esters is 2. The second-order valence-electron chi connectivity index (χ2n) is 5.14. The molecule has 0 saturated heterocycles. The van der Waals surface area contributed by atoms with Gasteiger partial charge >= 0.3 is 11.9 Å². The normalized spacial score (nSPS) is 20.5. The first-order valence-electron chi connectivity index (χ1n) is 7.76. The summed E-state index contributed by atoms with van der Waals surface area (Å²) in [5.41, 5.74) is 0.354. The van der Waals surface area contributed by atoms with Gasteiger partial charge in [-0.15, -0.1) is 5.76 Å². The maximum Gasteiger partial charge on any atom is 0.333 e. The van der Waals surface area contributed by atoms with Gasteiger partial charge in [0.15, 0.2) is 0 Å². The summed E-state index contributed by atoms with van der Waals surface area (Å²) in [5.74, 6) is -1.20. The van der Waals surface area contributed by atoms with E-state index in [4.69, 9.17) is 9.47 Å². The summed E-state index contributed by atoms with van der Waals surface area (Å²) in [6.07, 6.45) is 3.96.